The van der Waals surface area contributed by atoms with Crippen LogP contribution in [-0.2, 0) is 0 Å². The SMILES string of the molecule is CC(C)CNCCCC1CCCC1O. The van der Waals surface area contributed by atoms with Gasteiger partial charge in [-0.05, 0) is 50.6 Å². The molecule has 1 saturated carbocycles. The lowest BCUT2D eigenvalue weighted by molar-refractivity contribution is 0.127. The van der Waals surface area contributed by atoms with Crippen molar-refractivity contribution in [2.24, 2.45) is 11.8 Å². The molecule has 0 aliphatic heterocycles. The first kappa shape index (κ1) is 12.0. The quantitative estimate of drug-likeness (QED) is 0.643. The van der Waals surface area contributed by atoms with Crippen molar-refractivity contribution in [1.82, 2.24) is 5.32 Å². The molecule has 2 unspecified atom stereocenters. The van der Waals surface area contributed by atoms with E-state index in [1.165, 1.54) is 25.7 Å². The van der Waals surface area contributed by atoms with E-state index in [2.05, 4.69) is 19.2 Å². The molecular formula is C12H25NO. The molecule has 0 amide bonds. The average molecular weight is 199 g/mol. The van der Waals surface area contributed by atoms with Gasteiger partial charge in [-0.3, -0.25) is 0 Å². The van der Waals surface area contributed by atoms with E-state index in [4.69, 9.17) is 0 Å². The summed E-state index contributed by atoms with van der Waals surface area (Å²) in [7, 11) is 0. The Bertz CT molecular complexity index is 147. The maximum atomic E-state index is 9.61. The average Bonchev–Trinajstić information content (AvgIpc) is 2.51. The number of rotatable bonds is 6. The molecule has 2 N–H and O–H groups in total. The maximum absolute atomic E-state index is 9.61. The Labute approximate surface area is 88.1 Å². The van der Waals surface area contributed by atoms with Gasteiger partial charge in [0.25, 0.3) is 0 Å². The maximum Gasteiger partial charge on any atom is 0.0568 e. The molecule has 2 heteroatoms. The smallest absolute Gasteiger partial charge is 0.0568 e. The normalized spacial score (nSPS) is 27.4. The number of hydrogen-bond acceptors (Lipinski definition) is 2. The fourth-order valence-electron chi connectivity index (χ4n) is 2.23. The molecule has 1 fully saturated rings. The third-order valence-electron chi connectivity index (χ3n) is 3.10. The van der Waals surface area contributed by atoms with Crippen molar-refractivity contribution in [3.05, 3.63) is 0 Å². The highest BCUT2D eigenvalue weighted by molar-refractivity contribution is 4.76. The predicted molar refractivity (Wildman–Crippen MR) is 60.3 cm³/mol. The summed E-state index contributed by atoms with van der Waals surface area (Å²) in [6.45, 7) is 6.69. The monoisotopic (exact) mass is 199 g/mol. The first-order valence-corrected chi connectivity index (χ1v) is 6.09. The molecule has 1 aliphatic rings. The standard InChI is InChI=1S/C12H25NO/c1-10(2)9-13-8-4-6-11-5-3-7-12(11)14/h10-14H,3-9H2,1-2H3. The van der Waals surface area contributed by atoms with Crippen LogP contribution in [0.1, 0.15) is 46.0 Å². The van der Waals surface area contributed by atoms with Gasteiger partial charge in [0.1, 0.15) is 0 Å². The van der Waals surface area contributed by atoms with Crippen molar-refractivity contribution < 1.29 is 5.11 Å². The summed E-state index contributed by atoms with van der Waals surface area (Å²) in [5.74, 6) is 1.34. The zero-order valence-corrected chi connectivity index (χ0v) is 9.63. The minimum Gasteiger partial charge on any atom is -0.393 e. The van der Waals surface area contributed by atoms with Crippen molar-refractivity contribution in [1.29, 1.82) is 0 Å². The van der Waals surface area contributed by atoms with Crippen LogP contribution in [0.4, 0.5) is 0 Å². The van der Waals surface area contributed by atoms with Crippen LogP contribution in [0, 0.1) is 11.8 Å². The summed E-state index contributed by atoms with van der Waals surface area (Å²) in [6, 6.07) is 0. The van der Waals surface area contributed by atoms with E-state index in [-0.39, 0.29) is 6.10 Å². The van der Waals surface area contributed by atoms with Crippen LogP contribution in [0.15, 0.2) is 0 Å². The first-order valence-electron chi connectivity index (χ1n) is 6.09. The zero-order valence-electron chi connectivity index (χ0n) is 9.63. The Morgan fingerprint density at radius 2 is 2.14 bits per heavy atom. The van der Waals surface area contributed by atoms with E-state index in [1.54, 1.807) is 0 Å². The summed E-state index contributed by atoms with van der Waals surface area (Å²) >= 11 is 0. The Balaban J connectivity index is 1.93. The molecule has 0 saturated heterocycles. The summed E-state index contributed by atoms with van der Waals surface area (Å²) in [5.41, 5.74) is 0. The highest BCUT2D eigenvalue weighted by Crippen LogP contribution is 2.28. The van der Waals surface area contributed by atoms with Crippen molar-refractivity contribution in [2.75, 3.05) is 13.1 Å². The van der Waals surface area contributed by atoms with Crippen LogP contribution >= 0.6 is 0 Å². The summed E-state index contributed by atoms with van der Waals surface area (Å²) in [4.78, 5) is 0. The van der Waals surface area contributed by atoms with E-state index in [1.807, 2.05) is 0 Å². The van der Waals surface area contributed by atoms with Crippen molar-refractivity contribution >= 4 is 0 Å². The van der Waals surface area contributed by atoms with E-state index in [0.29, 0.717) is 5.92 Å². The number of aliphatic hydroxyl groups is 1. The van der Waals surface area contributed by atoms with Crippen LogP contribution in [0.3, 0.4) is 0 Å². The lowest BCUT2D eigenvalue weighted by Gasteiger charge is -2.14. The number of aliphatic hydroxyl groups excluding tert-OH is 1. The summed E-state index contributed by atoms with van der Waals surface area (Å²) in [6.07, 6.45) is 5.92. The van der Waals surface area contributed by atoms with Gasteiger partial charge in [0, 0.05) is 0 Å². The molecule has 0 aromatic carbocycles. The molecule has 14 heavy (non-hydrogen) atoms. The van der Waals surface area contributed by atoms with Gasteiger partial charge in [0.2, 0.25) is 0 Å². The van der Waals surface area contributed by atoms with Crippen LogP contribution in [-0.4, -0.2) is 24.3 Å². The number of hydrogen-bond donors (Lipinski definition) is 2. The molecular weight excluding hydrogens is 174 g/mol. The lowest BCUT2D eigenvalue weighted by Crippen LogP contribution is -2.22. The van der Waals surface area contributed by atoms with Crippen molar-refractivity contribution in [3.63, 3.8) is 0 Å². The molecule has 84 valence electrons. The predicted octanol–water partition coefficient (Wildman–Crippen LogP) is 2.17. The molecule has 0 radical (unpaired) electrons. The molecule has 1 rings (SSSR count). The van der Waals surface area contributed by atoms with E-state index in [0.717, 1.165) is 25.4 Å². The van der Waals surface area contributed by atoms with Gasteiger partial charge in [-0.25, -0.2) is 0 Å². The molecule has 1 aliphatic carbocycles. The fraction of sp³-hybridized carbons (Fsp3) is 1.00. The second-order valence-electron chi connectivity index (χ2n) is 5.00. The molecule has 0 aromatic rings. The molecule has 0 spiro atoms. The van der Waals surface area contributed by atoms with Gasteiger partial charge >= 0.3 is 0 Å². The zero-order chi connectivity index (χ0) is 10.4. The van der Waals surface area contributed by atoms with Crippen LogP contribution in [0.2, 0.25) is 0 Å². The fourth-order valence-corrected chi connectivity index (χ4v) is 2.23. The minimum atomic E-state index is 0.0000914. The summed E-state index contributed by atoms with van der Waals surface area (Å²) < 4.78 is 0. The van der Waals surface area contributed by atoms with Crippen LogP contribution < -0.4 is 5.32 Å². The van der Waals surface area contributed by atoms with Gasteiger partial charge in [0.15, 0.2) is 0 Å². The Hall–Kier alpha value is -0.0800. The third-order valence-corrected chi connectivity index (χ3v) is 3.10. The highest BCUT2D eigenvalue weighted by atomic mass is 16.3. The molecule has 2 atom stereocenters. The first-order chi connectivity index (χ1) is 6.70. The van der Waals surface area contributed by atoms with Gasteiger partial charge in [0.05, 0.1) is 6.10 Å². The van der Waals surface area contributed by atoms with Crippen molar-refractivity contribution in [3.8, 4) is 0 Å². The van der Waals surface area contributed by atoms with Gasteiger partial charge in [-0.15, -0.1) is 0 Å². The Kier molecular flexibility index (Phi) is 5.49. The second-order valence-corrected chi connectivity index (χ2v) is 5.00. The van der Waals surface area contributed by atoms with E-state index < -0.39 is 0 Å². The second kappa shape index (κ2) is 6.41. The highest BCUT2D eigenvalue weighted by Gasteiger charge is 2.24. The lowest BCUT2D eigenvalue weighted by atomic mass is 10.00. The van der Waals surface area contributed by atoms with Gasteiger partial charge in [-0.1, -0.05) is 20.3 Å². The minimum absolute atomic E-state index is 0.0000914. The van der Waals surface area contributed by atoms with Gasteiger partial charge in [-0.2, -0.15) is 0 Å². The third kappa shape index (κ3) is 4.43. The number of nitrogens with one attached hydrogen (secondary N) is 1. The molecule has 0 heterocycles. The molecule has 2 nitrogen and oxygen atoms in total. The van der Waals surface area contributed by atoms with Crippen LogP contribution in [0.5, 0.6) is 0 Å². The van der Waals surface area contributed by atoms with E-state index in [9.17, 15) is 5.11 Å². The largest absolute Gasteiger partial charge is 0.393 e. The Morgan fingerprint density at radius 1 is 1.36 bits per heavy atom. The molecule has 0 aromatic heterocycles. The van der Waals surface area contributed by atoms with Gasteiger partial charge < -0.3 is 10.4 Å². The van der Waals surface area contributed by atoms with E-state index >= 15 is 0 Å². The van der Waals surface area contributed by atoms with Crippen molar-refractivity contribution in [2.45, 2.75) is 52.1 Å². The summed E-state index contributed by atoms with van der Waals surface area (Å²) in [5, 5.41) is 13.1. The Morgan fingerprint density at radius 3 is 2.71 bits per heavy atom. The topological polar surface area (TPSA) is 32.3 Å². The van der Waals surface area contributed by atoms with Crippen LogP contribution in [0.25, 0.3) is 0 Å². The molecule has 0 bridgehead atoms.